The van der Waals surface area contributed by atoms with Crippen LogP contribution in [0.25, 0.3) is 0 Å². The zero-order valence-electron chi connectivity index (χ0n) is 10.5. The predicted octanol–water partition coefficient (Wildman–Crippen LogP) is 4.51. The average molecular weight is 342 g/mol. The fraction of sp³-hybridized carbons (Fsp3) is 0.214. The molecule has 1 heterocycles. The third-order valence-corrected chi connectivity index (χ3v) is 3.34. The van der Waals surface area contributed by atoms with E-state index in [4.69, 9.17) is 16.3 Å². The summed E-state index contributed by atoms with van der Waals surface area (Å²) in [6.45, 7) is 3.24. The fourth-order valence-corrected chi connectivity index (χ4v) is 2.61. The van der Waals surface area contributed by atoms with Gasteiger partial charge in [0.1, 0.15) is 0 Å². The molecule has 0 aliphatic carbocycles. The summed E-state index contributed by atoms with van der Waals surface area (Å²) in [7, 11) is 0. The van der Waals surface area contributed by atoms with Crippen molar-refractivity contribution in [1.82, 2.24) is 4.98 Å². The van der Waals surface area contributed by atoms with Gasteiger partial charge in [0.2, 0.25) is 0 Å². The van der Waals surface area contributed by atoms with Gasteiger partial charge in [-0.25, -0.2) is 0 Å². The molecule has 0 radical (unpaired) electrons. The van der Waals surface area contributed by atoms with E-state index in [2.05, 4.69) is 26.2 Å². The number of ether oxygens (including phenoxy) is 1. The van der Waals surface area contributed by atoms with E-state index in [1.165, 1.54) is 0 Å². The molecule has 0 unspecified atom stereocenters. The number of pyridine rings is 1. The maximum absolute atomic E-state index is 6.07. The molecule has 19 heavy (non-hydrogen) atoms. The zero-order chi connectivity index (χ0) is 13.7. The van der Waals surface area contributed by atoms with Gasteiger partial charge in [0, 0.05) is 24.0 Å². The van der Waals surface area contributed by atoms with E-state index >= 15 is 0 Å². The van der Waals surface area contributed by atoms with E-state index in [0.717, 1.165) is 21.5 Å². The quantitative estimate of drug-likeness (QED) is 0.869. The summed E-state index contributed by atoms with van der Waals surface area (Å²) in [5, 5.41) is 3.99. The van der Waals surface area contributed by atoms with Gasteiger partial charge in [-0.3, -0.25) is 4.98 Å². The highest BCUT2D eigenvalue weighted by Gasteiger charge is 2.09. The summed E-state index contributed by atoms with van der Waals surface area (Å²) < 4.78 is 6.48. The molecule has 0 spiro atoms. The van der Waals surface area contributed by atoms with Crippen molar-refractivity contribution in [2.45, 2.75) is 13.5 Å². The number of benzene rings is 1. The van der Waals surface area contributed by atoms with E-state index in [-0.39, 0.29) is 0 Å². The van der Waals surface area contributed by atoms with Crippen LogP contribution in [-0.4, -0.2) is 11.6 Å². The summed E-state index contributed by atoms with van der Waals surface area (Å²) in [4.78, 5) is 3.99. The van der Waals surface area contributed by atoms with Crippen molar-refractivity contribution in [3.05, 3.63) is 51.7 Å². The van der Waals surface area contributed by atoms with Crippen LogP contribution >= 0.6 is 27.5 Å². The Bertz CT molecular complexity index is 549. The molecule has 1 N–H and O–H groups in total. The Morgan fingerprint density at radius 2 is 2.05 bits per heavy atom. The number of nitrogens with one attached hydrogen (secondary N) is 1. The van der Waals surface area contributed by atoms with Crippen molar-refractivity contribution in [1.29, 1.82) is 0 Å². The van der Waals surface area contributed by atoms with Crippen LogP contribution in [0.2, 0.25) is 5.02 Å². The Kier molecular flexibility index (Phi) is 5.05. The Morgan fingerprint density at radius 3 is 2.74 bits per heavy atom. The average Bonchev–Trinajstić information content (AvgIpc) is 2.41. The molecule has 0 amide bonds. The second kappa shape index (κ2) is 6.78. The molecule has 5 heteroatoms. The molecule has 3 nitrogen and oxygen atoms in total. The lowest BCUT2D eigenvalue weighted by molar-refractivity contribution is 0.339. The maximum atomic E-state index is 6.07. The fourth-order valence-electron chi connectivity index (χ4n) is 1.68. The van der Waals surface area contributed by atoms with Gasteiger partial charge < -0.3 is 10.1 Å². The third kappa shape index (κ3) is 3.85. The smallest absolute Gasteiger partial charge is 0.156 e. The molecule has 1 aromatic carbocycles. The van der Waals surface area contributed by atoms with E-state index < -0.39 is 0 Å². The number of anilines is 1. The van der Waals surface area contributed by atoms with Crippen molar-refractivity contribution in [2.75, 3.05) is 11.9 Å². The van der Waals surface area contributed by atoms with Crippen molar-refractivity contribution in [3.63, 3.8) is 0 Å². The highest BCUT2D eigenvalue weighted by Crippen LogP contribution is 2.36. The number of halogens is 2. The highest BCUT2D eigenvalue weighted by atomic mass is 79.9. The molecule has 0 aliphatic rings. The highest BCUT2D eigenvalue weighted by molar-refractivity contribution is 9.10. The largest absolute Gasteiger partial charge is 0.491 e. The molecule has 0 saturated heterocycles. The molecule has 2 rings (SSSR count). The third-order valence-electron chi connectivity index (χ3n) is 2.53. The van der Waals surface area contributed by atoms with Gasteiger partial charge >= 0.3 is 0 Å². The number of hydrogen-bond acceptors (Lipinski definition) is 3. The predicted molar refractivity (Wildman–Crippen MR) is 81.9 cm³/mol. The monoisotopic (exact) mass is 340 g/mol. The van der Waals surface area contributed by atoms with Crippen LogP contribution < -0.4 is 10.1 Å². The normalized spacial score (nSPS) is 10.3. The lowest BCUT2D eigenvalue weighted by atomic mass is 10.2. The SMILES string of the molecule is CCOc1c(Br)cc(Cl)cc1NCc1ccncc1. The lowest BCUT2D eigenvalue weighted by Crippen LogP contribution is -2.03. The number of rotatable bonds is 5. The van der Waals surface area contributed by atoms with Crippen LogP contribution in [0.3, 0.4) is 0 Å². The van der Waals surface area contributed by atoms with E-state index in [1.807, 2.05) is 31.2 Å². The van der Waals surface area contributed by atoms with Crippen molar-refractivity contribution >= 4 is 33.2 Å². The van der Waals surface area contributed by atoms with Crippen molar-refractivity contribution in [3.8, 4) is 5.75 Å². The van der Waals surface area contributed by atoms with Crippen LogP contribution in [0.1, 0.15) is 12.5 Å². The molecule has 0 aliphatic heterocycles. The van der Waals surface area contributed by atoms with Crippen LogP contribution in [0, 0.1) is 0 Å². The standard InChI is InChI=1S/C14H14BrClN2O/c1-2-19-14-12(15)7-11(16)8-13(14)18-9-10-3-5-17-6-4-10/h3-8,18H,2,9H2,1H3. The molecule has 0 bridgehead atoms. The summed E-state index contributed by atoms with van der Waals surface area (Å²) in [6.07, 6.45) is 3.54. The van der Waals surface area contributed by atoms with Crippen molar-refractivity contribution < 1.29 is 4.74 Å². The summed E-state index contributed by atoms with van der Waals surface area (Å²) in [6, 6.07) is 7.61. The first-order valence-corrected chi connectivity index (χ1v) is 7.12. The summed E-state index contributed by atoms with van der Waals surface area (Å²) in [5.74, 6) is 0.779. The number of nitrogens with zero attached hydrogens (tertiary/aromatic N) is 1. The number of hydrogen-bond donors (Lipinski definition) is 1. The van der Waals surface area contributed by atoms with Gasteiger partial charge in [0.15, 0.2) is 5.75 Å². The van der Waals surface area contributed by atoms with Crippen LogP contribution in [-0.2, 0) is 6.54 Å². The Labute approximate surface area is 126 Å². The lowest BCUT2D eigenvalue weighted by Gasteiger charge is -2.14. The van der Waals surface area contributed by atoms with Crippen molar-refractivity contribution in [2.24, 2.45) is 0 Å². The zero-order valence-corrected chi connectivity index (χ0v) is 12.8. The van der Waals surface area contributed by atoms with Crippen LogP contribution in [0.15, 0.2) is 41.1 Å². The summed E-state index contributed by atoms with van der Waals surface area (Å²) in [5.41, 5.74) is 2.02. The molecule has 1 aromatic heterocycles. The Balaban J connectivity index is 2.19. The maximum Gasteiger partial charge on any atom is 0.156 e. The number of aromatic nitrogens is 1. The van der Waals surface area contributed by atoms with E-state index in [1.54, 1.807) is 12.4 Å². The van der Waals surface area contributed by atoms with Crippen LogP contribution in [0.4, 0.5) is 5.69 Å². The second-order valence-electron chi connectivity index (χ2n) is 3.91. The molecular formula is C14H14BrClN2O. The first-order chi connectivity index (χ1) is 9.20. The minimum atomic E-state index is 0.601. The topological polar surface area (TPSA) is 34.1 Å². The minimum Gasteiger partial charge on any atom is -0.491 e. The first kappa shape index (κ1) is 14.2. The molecule has 0 saturated carbocycles. The van der Waals surface area contributed by atoms with Gasteiger partial charge in [0.05, 0.1) is 16.8 Å². The van der Waals surface area contributed by atoms with E-state index in [0.29, 0.717) is 18.2 Å². The van der Waals surface area contributed by atoms with Crippen LogP contribution in [0.5, 0.6) is 5.75 Å². The second-order valence-corrected chi connectivity index (χ2v) is 5.20. The molecule has 0 fully saturated rings. The van der Waals surface area contributed by atoms with Gasteiger partial charge in [-0.15, -0.1) is 0 Å². The first-order valence-electron chi connectivity index (χ1n) is 5.95. The van der Waals surface area contributed by atoms with Gasteiger partial charge in [-0.05, 0) is 52.7 Å². The molecule has 2 aromatic rings. The Hall–Kier alpha value is -1.26. The van der Waals surface area contributed by atoms with Gasteiger partial charge in [-0.2, -0.15) is 0 Å². The van der Waals surface area contributed by atoms with Gasteiger partial charge in [0.25, 0.3) is 0 Å². The molecular weight excluding hydrogens is 328 g/mol. The Morgan fingerprint density at radius 1 is 1.32 bits per heavy atom. The molecule has 100 valence electrons. The minimum absolute atomic E-state index is 0.601. The van der Waals surface area contributed by atoms with Gasteiger partial charge in [-0.1, -0.05) is 11.6 Å². The molecule has 0 atom stereocenters. The summed E-state index contributed by atoms with van der Waals surface area (Å²) >= 11 is 9.53. The van der Waals surface area contributed by atoms with E-state index in [9.17, 15) is 0 Å².